The molecule has 0 bridgehead atoms. The van der Waals surface area contributed by atoms with Crippen LogP contribution in [-0.2, 0) is 9.53 Å². The molecule has 1 fully saturated rings. The molecule has 2 N–H and O–H groups in total. The van der Waals surface area contributed by atoms with Crippen molar-refractivity contribution in [3.8, 4) is 0 Å². The van der Waals surface area contributed by atoms with Gasteiger partial charge in [0.25, 0.3) is 0 Å². The number of hydrogen-bond donors (Lipinski definition) is 1. The summed E-state index contributed by atoms with van der Waals surface area (Å²) in [5, 5.41) is 0. The second kappa shape index (κ2) is 7.13. The molecule has 18 heavy (non-hydrogen) atoms. The van der Waals surface area contributed by atoms with E-state index >= 15 is 0 Å². The third kappa shape index (κ3) is 6.39. The van der Waals surface area contributed by atoms with Crippen molar-refractivity contribution >= 4 is 5.97 Å². The molecule has 0 radical (unpaired) electrons. The molecule has 0 atom stereocenters. The molecule has 0 aromatic rings. The molecule has 1 aliphatic carbocycles. The predicted molar refractivity (Wildman–Crippen MR) is 74.2 cm³/mol. The molecule has 0 aromatic heterocycles. The van der Waals surface area contributed by atoms with E-state index < -0.39 is 0 Å². The molecule has 0 saturated heterocycles. The Morgan fingerprint density at radius 2 is 1.72 bits per heavy atom. The van der Waals surface area contributed by atoms with Crippen LogP contribution in [0.2, 0.25) is 0 Å². The third-order valence-corrected chi connectivity index (χ3v) is 3.71. The molecule has 0 spiro atoms. The van der Waals surface area contributed by atoms with Gasteiger partial charge in [0.2, 0.25) is 0 Å². The van der Waals surface area contributed by atoms with Crippen molar-refractivity contribution in [1.82, 2.24) is 0 Å². The van der Waals surface area contributed by atoms with Gasteiger partial charge < -0.3 is 10.5 Å². The van der Waals surface area contributed by atoms with Crippen molar-refractivity contribution in [2.75, 3.05) is 6.54 Å². The first-order chi connectivity index (χ1) is 8.40. The fourth-order valence-corrected chi connectivity index (χ4v) is 2.68. The first-order valence-corrected chi connectivity index (χ1v) is 7.32. The van der Waals surface area contributed by atoms with E-state index in [0.29, 0.717) is 6.42 Å². The maximum Gasteiger partial charge on any atom is 0.306 e. The Bertz CT molecular complexity index is 250. The van der Waals surface area contributed by atoms with Crippen molar-refractivity contribution in [1.29, 1.82) is 0 Å². The Kier molecular flexibility index (Phi) is 6.13. The van der Waals surface area contributed by atoms with Crippen LogP contribution in [0.3, 0.4) is 0 Å². The van der Waals surface area contributed by atoms with Crippen LogP contribution in [0, 0.1) is 11.8 Å². The SMILES string of the molecule is CC(C)(C)OC(=O)CCCC1CCC(CN)CC1. The molecule has 0 heterocycles. The highest BCUT2D eigenvalue weighted by atomic mass is 16.6. The van der Waals surface area contributed by atoms with E-state index in [9.17, 15) is 4.79 Å². The van der Waals surface area contributed by atoms with Crippen molar-refractivity contribution < 1.29 is 9.53 Å². The lowest BCUT2D eigenvalue weighted by molar-refractivity contribution is -0.155. The Morgan fingerprint density at radius 1 is 1.17 bits per heavy atom. The number of ether oxygens (including phenoxy) is 1. The zero-order valence-electron chi connectivity index (χ0n) is 12.2. The molecule has 1 saturated carbocycles. The van der Waals surface area contributed by atoms with E-state index in [0.717, 1.165) is 31.2 Å². The summed E-state index contributed by atoms with van der Waals surface area (Å²) >= 11 is 0. The quantitative estimate of drug-likeness (QED) is 0.767. The second-order valence-electron chi connectivity index (χ2n) is 6.60. The van der Waals surface area contributed by atoms with Crippen LogP contribution in [0.4, 0.5) is 0 Å². The molecule has 0 aromatic carbocycles. The summed E-state index contributed by atoms with van der Waals surface area (Å²) < 4.78 is 5.31. The van der Waals surface area contributed by atoms with Gasteiger partial charge in [-0.1, -0.05) is 12.8 Å². The predicted octanol–water partition coefficient (Wildman–Crippen LogP) is 3.26. The lowest BCUT2D eigenvalue weighted by Gasteiger charge is -2.27. The summed E-state index contributed by atoms with van der Waals surface area (Å²) in [5.41, 5.74) is 5.34. The number of carbonyl (C=O) groups excluding carboxylic acids is 1. The van der Waals surface area contributed by atoms with Gasteiger partial charge in [-0.05, 0) is 64.8 Å². The first kappa shape index (κ1) is 15.5. The summed E-state index contributed by atoms with van der Waals surface area (Å²) in [4.78, 5) is 11.6. The first-order valence-electron chi connectivity index (χ1n) is 7.32. The maximum absolute atomic E-state index is 11.6. The van der Waals surface area contributed by atoms with Crippen LogP contribution in [0.25, 0.3) is 0 Å². The average molecular weight is 255 g/mol. The van der Waals surface area contributed by atoms with Crippen LogP contribution < -0.4 is 5.73 Å². The van der Waals surface area contributed by atoms with E-state index in [1.54, 1.807) is 0 Å². The van der Waals surface area contributed by atoms with E-state index in [2.05, 4.69) is 0 Å². The van der Waals surface area contributed by atoms with E-state index in [1.807, 2.05) is 20.8 Å². The minimum atomic E-state index is -0.351. The van der Waals surface area contributed by atoms with Gasteiger partial charge in [0, 0.05) is 6.42 Å². The minimum Gasteiger partial charge on any atom is -0.460 e. The monoisotopic (exact) mass is 255 g/mol. The second-order valence-corrected chi connectivity index (χ2v) is 6.60. The summed E-state index contributed by atoms with van der Waals surface area (Å²) in [6.45, 7) is 6.58. The summed E-state index contributed by atoms with van der Waals surface area (Å²) in [6, 6.07) is 0. The molecule has 0 amide bonds. The van der Waals surface area contributed by atoms with Crippen LogP contribution in [-0.4, -0.2) is 18.1 Å². The molecule has 0 aliphatic heterocycles. The minimum absolute atomic E-state index is 0.0573. The Morgan fingerprint density at radius 3 is 2.22 bits per heavy atom. The highest BCUT2D eigenvalue weighted by molar-refractivity contribution is 5.69. The Balaban J connectivity index is 2.10. The molecule has 1 rings (SSSR count). The van der Waals surface area contributed by atoms with Crippen molar-refractivity contribution in [3.05, 3.63) is 0 Å². The normalized spacial score (nSPS) is 24.9. The molecule has 3 heteroatoms. The highest BCUT2D eigenvalue weighted by Crippen LogP contribution is 2.31. The van der Waals surface area contributed by atoms with Crippen LogP contribution in [0.15, 0.2) is 0 Å². The van der Waals surface area contributed by atoms with Crippen molar-refractivity contribution in [3.63, 3.8) is 0 Å². The van der Waals surface area contributed by atoms with Gasteiger partial charge in [-0.2, -0.15) is 0 Å². The Hall–Kier alpha value is -0.570. The molecule has 3 nitrogen and oxygen atoms in total. The molecule has 106 valence electrons. The molecule has 0 unspecified atom stereocenters. The van der Waals surface area contributed by atoms with Gasteiger partial charge in [-0.3, -0.25) is 4.79 Å². The van der Waals surface area contributed by atoms with Crippen LogP contribution in [0.5, 0.6) is 0 Å². The lowest BCUT2D eigenvalue weighted by Crippen LogP contribution is -2.24. The topological polar surface area (TPSA) is 52.3 Å². The summed E-state index contributed by atoms with van der Waals surface area (Å²) in [7, 11) is 0. The molecular formula is C15H29NO2. The van der Waals surface area contributed by atoms with Gasteiger partial charge in [0.1, 0.15) is 5.60 Å². The van der Waals surface area contributed by atoms with E-state index in [1.165, 1.54) is 25.7 Å². The number of carbonyl (C=O) groups is 1. The van der Waals surface area contributed by atoms with Crippen molar-refractivity contribution in [2.24, 2.45) is 17.6 Å². The zero-order chi connectivity index (χ0) is 13.6. The number of nitrogens with two attached hydrogens (primary N) is 1. The fraction of sp³-hybridized carbons (Fsp3) is 0.933. The fourth-order valence-electron chi connectivity index (χ4n) is 2.68. The highest BCUT2D eigenvalue weighted by Gasteiger charge is 2.21. The third-order valence-electron chi connectivity index (χ3n) is 3.71. The summed E-state index contributed by atoms with van der Waals surface area (Å²) in [6.07, 6.45) is 7.81. The van der Waals surface area contributed by atoms with Crippen LogP contribution >= 0.6 is 0 Å². The average Bonchev–Trinajstić information content (AvgIpc) is 2.27. The van der Waals surface area contributed by atoms with E-state index in [4.69, 9.17) is 10.5 Å². The smallest absolute Gasteiger partial charge is 0.306 e. The number of hydrogen-bond acceptors (Lipinski definition) is 3. The summed E-state index contributed by atoms with van der Waals surface area (Å²) in [5.74, 6) is 1.49. The van der Waals surface area contributed by atoms with E-state index in [-0.39, 0.29) is 11.6 Å². The number of rotatable bonds is 5. The lowest BCUT2D eigenvalue weighted by atomic mass is 9.80. The van der Waals surface area contributed by atoms with Gasteiger partial charge in [0.05, 0.1) is 0 Å². The van der Waals surface area contributed by atoms with Gasteiger partial charge >= 0.3 is 5.97 Å². The van der Waals surface area contributed by atoms with Gasteiger partial charge in [0.15, 0.2) is 0 Å². The van der Waals surface area contributed by atoms with Crippen LogP contribution in [0.1, 0.15) is 65.7 Å². The zero-order valence-corrected chi connectivity index (χ0v) is 12.2. The maximum atomic E-state index is 11.6. The van der Waals surface area contributed by atoms with Gasteiger partial charge in [-0.25, -0.2) is 0 Å². The Labute approximate surface area is 111 Å². The largest absolute Gasteiger partial charge is 0.460 e. The van der Waals surface area contributed by atoms with Gasteiger partial charge in [-0.15, -0.1) is 0 Å². The molecule has 1 aliphatic rings. The number of esters is 1. The van der Waals surface area contributed by atoms with Crippen molar-refractivity contribution in [2.45, 2.75) is 71.3 Å². The standard InChI is InChI=1S/C15H29NO2/c1-15(2,3)18-14(17)6-4-5-12-7-9-13(11-16)10-8-12/h12-13H,4-11,16H2,1-3H3. The molecular weight excluding hydrogens is 226 g/mol.